The average molecular weight is 598 g/mol. The summed E-state index contributed by atoms with van der Waals surface area (Å²) in [5.41, 5.74) is 1.04. The van der Waals surface area contributed by atoms with E-state index in [9.17, 15) is 14.3 Å². The number of Topliss-reactive ketones (excluding diaryl/α,β-unsaturated/α-hetero) is 1. The maximum Gasteiger partial charge on any atom is 0.472 e. The Morgan fingerprint density at radius 1 is 0.805 bits per heavy atom. The molecule has 8 heteroatoms. The SMILES string of the molecule is CCCCCCCCCCCCCCOc1ccc(CC(COP(=O)(O)OCCCCNC)CC(=O)CCC)cc1. The molecule has 0 aliphatic rings. The van der Waals surface area contributed by atoms with Gasteiger partial charge >= 0.3 is 7.82 Å². The first-order valence-corrected chi connectivity index (χ1v) is 17.9. The van der Waals surface area contributed by atoms with Crippen LogP contribution in [0.3, 0.4) is 0 Å². The van der Waals surface area contributed by atoms with Crippen LogP contribution in [0.5, 0.6) is 5.75 Å². The topological polar surface area (TPSA) is 94.1 Å². The fourth-order valence-corrected chi connectivity index (χ4v) is 5.74. The first-order chi connectivity index (χ1) is 19.9. The predicted molar refractivity (Wildman–Crippen MR) is 170 cm³/mol. The van der Waals surface area contributed by atoms with Crippen molar-refractivity contribution in [2.24, 2.45) is 5.92 Å². The van der Waals surface area contributed by atoms with Crippen molar-refractivity contribution < 1.29 is 28.0 Å². The third kappa shape index (κ3) is 22.0. The molecule has 0 bridgehead atoms. The van der Waals surface area contributed by atoms with Crippen LogP contribution >= 0.6 is 7.82 Å². The molecular weight excluding hydrogens is 537 g/mol. The molecule has 1 aromatic carbocycles. The van der Waals surface area contributed by atoms with Crippen molar-refractivity contribution in [2.75, 3.05) is 33.4 Å². The molecule has 0 saturated carbocycles. The smallest absolute Gasteiger partial charge is 0.472 e. The van der Waals surface area contributed by atoms with E-state index in [0.717, 1.165) is 43.7 Å². The van der Waals surface area contributed by atoms with Crippen molar-refractivity contribution in [3.05, 3.63) is 29.8 Å². The van der Waals surface area contributed by atoms with Crippen LogP contribution in [0.25, 0.3) is 0 Å². The van der Waals surface area contributed by atoms with E-state index in [-0.39, 0.29) is 24.9 Å². The maximum atomic E-state index is 12.4. The van der Waals surface area contributed by atoms with Crippen molar-refractivity contribution >= 4 is 13.6 Å². The Bertz CT molecular complexity index is 803. The lowest BCUT2D eigenvalue weighted by molar-refractivity contribution is -0.120. The molecule has 0 aromatic heterocycles. The van der Waals surface area contributed by atoms with Crippen LogP contribution in [-0.2, 0) is 24.8 Å². The highest BCUT2D eigenvalue weighted by Gasteiger charge is 2.24. The highest BCUT2D eigenvalue weighted by Crippen LogP contribution is 2.44. The molecule has 0 heterocycles. The molecule has 0 aliphatic heterocycles. The van der Waals surface area contributed by atoms with Gasteiger partial charge in [-0.05, 0) is 69.3 Å². The van der Waals surface area contributed by atoms with Gasteiger partial charge in [0.05, 0.1) is 19.8 Å². The molecule has 0 fully saturated rings. The number of phosphoric ester groups is 1. The molecule has 2 unspecified atom stereocenters. The van der Waals surface area contributed by atoms with Crippen molar-refractivity contribution in [1.29, 1.82) is 0 Å². The summed E-state index contributed by atoms with van der Waals surface area (Å²) in [6, 6.07) is 7.94. The lowest BCUT2D eigenvalue weighted by Crippen LogP contribution is -2.17. The summed E-state index contributed by atoms with van der Waals surface area (Å²) in [5, 5.41) is 3.03. The number of carbonyl (C=O) groups is 1. The minimum atomic E-state index is -4.15. The zero-order chi connectivity index (χ0) is 30.0. The maximum absolute atomic E-state index is 12.4. The van der Waals surface area contributed by atoms with Gasteiger partial charge in [0.15, 0.2) is 0 Å². The van der Waals surface area contributed by atoms with Gasteiger partial charge in [0.25, 0.3) is 0 Å². The Hall–Kier alpha value is -1.24. The predicted octanol–water partition coefficient (Wildman–Crippen LogP) is 8.82. The largest absolute Gasteiger partial charge is 0.494 e. The zero-order valence-corrected chi connectivity index (χ0v) is 27.3. The van der Waals surface area contributed by atoms with Crippen molar-refractivity contribution in [2.45, 2.75) is 129 Å². The van der Waals surface area contributed by atoms with Crippen LogP contribution in [0.15, 0.2) is 24.3 Å². The fourth-order valence-electron chi connectivity index (χ4n) is 4.90. The van der Waals surface area contributed by atoms with Crippen LogP contribution < -0.4 is 10.1 Å². The van der Waals surface area contributed by atoms with E-state index in [1.807, 2.05) is 38.2 Å². The van der Waals surface area contributed by atoms with Gasteiger partial charge in [-0.25, -0.2) is 4.57 Å². The molecule has 2 atom stereocenters. The van der Waals surface area contributed by atoms with Crippen molar-refractivity contribution in [3.8, 4) is 5.75 Å². The quantitative estimate of drug-likeness (QED) is 0.0704. The number of carbonyl (C=O) groups excluding carboxylic acids is 1. The monoisotopic (exact) mass is 597 g/mol. The Morgan fingerprint density at radius 3 is 1.98 bits per heavy atom. The van der Waals surface area contributed by atoms with Gasteiger partial charge in [0.2, 0.25) is 0 Å². The molecule has 41 heavy (non-hydrogen) atoms. The second-order valence-corrected chi connectivity index (χ2v) is 12.8. The Labute approximate surface area is 251 Å². The molecule has 2 N–H and O–H groups in total. The summed E-state index contributed by atoms with van der Waals surface area (Å²) in [7, 11) is -2.29. The minimum Gasteiger partial charge on any atom is -0.494 e. The summed E-state index contributed by atoms with van der Waals surface area (Å²) in [6.45, 7) is 5.95. The summed E-state index contributed by atoms with van der Waals surface area (Å²) in [5.74, 6) is 0.790. The molecule has 0 radical (unpaired) electrons. The third-order valence-corrected chi connectivity index (χ3v) is 8.29. The van der Waals surface area contributed by atoms with Gasteiger partial charge in [-0.15, -0.1) is 0 Å². The second kappa shape index (κ2) is 25.3. The standard InChI is InChI=1S/C33H60NO6P/c1-4-6-7-8-9-10-11-12-13-14-15-17-25-38-33-22-20-30(21-23-33)27-31(28-32(35)19-5-2)29-40-41(36,37)39-26-18-16-24-34-3/h20-23,31,34H,4-19,24-29H2,1-3H3,(H,36,37). The number of unbranched alkanes of at least 4 members (excludes halogenated alkanes) is 12. The van der Waals surface area contributed by atoms with Crippen LogP contribution in [0.2, 0.25) is 0 Å². The van der Waals surface area contributed by atoms with Gasteiger partial charge in [-0.1, -0.05) is 96.6 Å². The summed E-state index contributed by atoms with van der Waals surface area (Å²) in [4.78, 5) is 22.4. The second-order valence-electron chi connectivity index (χ2n) is 11.4. The van der Waals surface area contributed by atoms with Gasteiger partial charge in [-0.2, -0.15) is 0 Å². The third-order valence-electron chi connectivity index (χ3n) is 7.31. The summed E-state index contributed by atoms with van der Waals surface area (Å²) >= 11 is 0. The number of hydrogen-bond acceptors (Lipinski definition) is 6. The van der Waals surface area contributed by atoms with Gasteiger partial charge in [0, 0.05) is 12.8 Å². The Kier molecular flexibility index (Phi) is 23.3. The van der Waals surface area contributed by atoms with Gasteiger partial charge in [0.1, 0.15) is 11.5 Å². The van der Waals surface area contributed by atoms with Crippen LogP contribution in [0, 0.1) is 5.92 Å². The molecule has 0 amide bonds. The number of benzene rings is 1. The average Bonchev–Trinajstić information content (AvgIpc) is 2.95. The van der Waals surface area contributed by atoms with E-state index < -0.39 is 7.82 Å². The molecule has 1 aromatic rings. The lowest BCUT2D eigenvalue weighted by atomic mass is 9.94. The van der Waals surface area contributed by atoms with E-state index in [4.69, 9.17) is 13.8 Å². The van der Waals surface area contributed by atoms with E-state index in [0.29, 0.717) is 25.7 Å². The van der Waals surface area contributed by atoms with Gasteiger partial charge < -0.3 is 14.9 Å². The number of phosphoric acid groups is 1. The van der Waals surface area contributed by atoms with Crippen LogP contribution in [-0.4, -0.2) is 44.1 Å². The zero-order valence-electron chi connectivity index (χ0n) is 26.4. The van der Waals surface area contributed by atoms with Crippen molar-refractivity contribution in [1.82, 2.24) is 5.32 Å². The molecule has 0 spiro atoms. The Balaban J connectivity index is 2.34. The number of nitrogens with one attached hydrogen (secondary N) is 1. The summed E-state index contributed by atoms with van der Waals surface area (Å²) in [6.07, 6.45) is 19.6. The number of ketones is 1. The van der Waals surface area contributed by atoms with Crippen LogP contribution in [0.4, 0.5) is 0 Å². The summed E-state index contributed by atoms with van der Waals surface area (Å²) < 4.78 is 28.7. The van der Waals surface area contributed by atoms with E-state index >= 15 is 0 Å². The molecule has 7 nitrogen and oxygen atoms in total. The minimum absolute atomic E-state index is 0.00302. The number of ether oxygens (including phenoxy) is 1. The lowest BCUT2D eigenvalue weighted by Gasteiger charge is -2.19. The molecule has 0 aliphatic carbocycles. The number of hydrogen-bond donors (Lipinski definition) is 2. The molecule has 1 rings (SSSR count). The van der Waals surface area contributed by atoms with Crippen LogP contribution in [0.1, 0.15) is 129 Å². The first-order valence-electron chi connectivity index (χ1n) is 16.4. The van der Waals surface area contributed by atoms with Gasteiger partial charge in [-0.3, -0.25) is 13.8 Å². The number of rotatable bonds is 29. The molecular formula is C33H60NO6P. The van der Waals surface area contributed by atoms with E-state index in [2.05, 4.69) is 12.2 Å². The highest BCUT2D eigenvalue weighted by atomic mass is 31.2. The first kappa shape index (κ1) is 37.8. The normalized spacial score (nSPS) is 13.7. The molecule has 238 valence electrons. The van der Waals surface area contributed by atoms with Crippen molar-refractivity contribution in [3.63, 3.8) is 0 Å². The molecule has 0 saturated heterocycles. The van der Waals surface area contributed by atoms with E-state index in [1.165, 1.54) is 70.6 Å². The fraction of sp³-hybridized carbons (Fsp3) is 0.788. The van der Waals surface area contributed by atoms with E-state index in [1.54, 1.807) is 0 Å². The highest BCUT2D eigenvalue weighted by molar-refractivity contribution is 7.47. The Morgan fingerprint density at radius 2 is 1.39 bits per heavy atom.